The Labute approximate surface area is 102 Å². The molecule has 1 atom stereocenters. The number of benzene rings is 1. The van der Waals surface area contributed by atoms with E-state index in [9.17, 15) is 4.79 Å². The summed E-state index contributed by atoms with van der Waals surface area (Å²) in [6, 6.07) is 10.6. The summed E-state index contributed by atoms with van der Waals surface area (Å²) in [5.41, 5.74) is 1.28. The molecule has 1 unspecified atom stereocenters. The largest absolute Gasteiger partial charge is 0.352 e. The molecule has 1 fully saturated rings. The maximum absolute atomic E-state index is 10.9. The van der Waals surface area contributed by atoms with Crippen molar-refractivity contribution in [1.29, 1.82) is 0 Å². The number of hydrogen-bond donors (Lipinski definition) is 2. The van der Waals surface area contributed by atoms with E-state index >= 15 is 0 Å². The number of halogens is 1. The summed E-state index contributed by atoms with van der Waals surface area (Å²) in [6.07, 6.45) is 1.64. The van der Waals surface area contributed by atoms with E-state index in [-0.39, 0.29) is 18.3 Å². The second-order valence-corrected chi connectivity index (χ2v) is 3.92. The Hall–Kier alpha value is -1.06. The summed E-state index contributed by atoms with van der Waals surface area (Å²) in [5, 5.41) is 6.29. The van der Waals surface area contributed by atoms with Crippen molar-refractivity contribution in [2.45, 2.75) is 25.4 Å². The van der Waals surface area contributed by atoms with E-state index in [1.54, 1.807) is 0 Å². The molecule has 0 aliphatic carbocycles. The van der Waals surface area contributed by atoms with Gasteiger partial charge in [0, 0.05) is 25.6 Å². The van der Waals surface area contributed by atoms with Crippen LogP contribution in [0.25, 0.3) is 0 Å². The van der Waals surface area contributed by atoms with Gasteiger partial charge in [-0.25, -0.2) is 0 Å². The van der Waals surface area contributed by atoms with E-state index < -0.39 is 0 Å². The maximum Gasteiger partial charge on any atom is 0.220 e. The third-order valence-electron chi connectivity index (χ3n) is 2.65. The lowest BCUT2D eigenvalue weighted by atomic mass is 10.2. The summed E-state index contributed by atoms with van der Waals surface area (Å²) < 4.78 is 0. The summed E-state index contributed by atoms with van der Waals surface area (Å²) in [6.45, 7) is 1.73. The zero-order valence-electron chi connectivity index (χ0n) is 9.11. The van der Waals surface area contributed by atoms with Crippen LogP contribution in [0.1, 0.15) is 18.4 Å². The Balaban J connectivity index is 0.00000128. The molecule has 0 spiro atoms. The standard InChI is InChI=1S/C12H16N2O.ClH/c15-12-7-6-11(14-12)9-13-8-10-4-2-1-3-5-10;/h1-5,11,13H,6-9H2,(H,14,15);1H. The lowest BCUT2D eigenvalue weighted by Crippen LogP contribution is -2.35. The first-order chi connectivity index (χ1) is 7.34. The van der Waals surface area contributed by atoms with Gasteiger partial charge < -0.3 is 10.6 Å². The predicted molar refractivity (Wildman–Crippen MR) is 66.6 cm³/mol. The molecule has 1 aliphatic rings. The summed E-state index contributed by atoms with van der Waals surface area (Å²) in [7, 11) is 0. The molecule has 1 amide bonds. The summed E-state index contributed by atoms with van der Waals surface area (Å²) in [4.78, 5) is 10.9. The average Bonchev–Trinajstić information content (AvgIpc) is 2.66. The highest BCUT2D eigenvalue weighted by Crippen LogP contribution is 2.05. The number of hydrogen-bond acceptors (Lipinski definition) is 2. The Kier molecular flexibility index (Phi) is 5.29. The lowest BCUT2D eigenvalue weighted by molar-refractivity contribution is -0.119. The second kappa shape index (κ2) is 6.51. The molecular formula is C12H17ClN2O. The molecule has 1 aromatic rings. The van der Waals surface area contributed by atoms with Crippen LogP contribution in [0.3, 0.4) is 0 Å². The van der Waals surface area contributed by atoms with Crippen LogP contribution >= 0.6 is 12.4 Å². The van der Waals surface area contributed by atoms with Crippen LogP contribution < -0.4 is 10.6 Å². The number of nitrogens with one attached hydrogen (secondary N) is 2. The highest BCUT2D eigenvalue weighted by molar-refractivity contribution is 5.85. The van der Waals surface area contributed by atoms with E-state index in [2.05, 4.69) is 22.8 Å². The molecule has 2 N–H and O–H groups in total. The van der Waals surface area contributed by atoms with Crippen molar-refractivity contribution < 1.29 is 4.79 Å². The zero-order valence-corrected chi connectivity index (χ0v) is 9.93. The first-order valence-corrected chi connectivity index (χ1v) is 5.38. The van der Waals surface area contributed by atoms with Crippen molar-refractivity contribution in [3.63, 3.8) is 0 Å². The second-order valence-electron chi connectivity index (χ2n) is 3.92. The number of carbonyl (C=O) groups excluding carboxylic acids is 1. The quantitative estimate of drug-likeness (QED) is 0.837. The number of rotatable bonds is 4. The fraction of sp³-hybridized carbons (Fsp3) is 0.417. The molecule has 3 nitrogen and oxygen atoms in total. The predicted octanol–water partition coefficient (Wildman–Crippen LogP) is 1.48. The minimum absolute atomic E-state index is 0. The average molecular weight is 241 g/mol. The Bertz CT molecular complexity index is 329. The van der Waals surface area contributed by atoms with Gasteiger partial charge in [-0.1, -0.05) is 30.3 Å². The first-order valence-electron chi connectivity index (χ1n) is 5.38. The Morgan fingerprint density at radius 2 is 2.06 bits per heavy atom. The molecule has 1 aromatic carbocycles. The molecule has 4 heteroatoms. The van der Waals surface area contributed by atoms with Gasteiger partial charge in [-0.2, -0.15) is 0 Å². The third kappa shape index (κ3) is 3.83. The van der Waals surface area contributed by atoms with Crippen molar-refractivity contribution in [2.75, 3.05) is 6.54 Å². The number of carbonyl (C=O) groups is 1. The third-order valence-corrected chi connectivity index (χ3v) is 2.65. The zero-order chi connectivity index (χ0) is 10.5. The molecule has 0 bridgehead atoms. The van der Waals surface area contributed by atoms with Gasteiger partial charge in [-0.15, -0.1) is 12.4 Å². The van der Waals surface area contributed by atoms with Gasteiger partial charge in [-0.05, 0) is 12.0 Å². The molecule has 0 radical (unpaired) electrons. The Morgan fingerprint density at radius 1 is 1.31 bits per heavy atom. The van der Waals surface area contributed by atoms with Crippen LogP contribution in [0.2, 0.25) is 0 Å². The van der Waals surface area contributed by atoms with Crippen molar-refractivity contribution >= 4 is 18.3 Å². The van der Waals surface area contributed by atoms with Gasteiger partial charge in [0.2, 0.25) is 5.91 Å². The van der Waals surface area contributed by atoms with Crippen LogP contribution in [0.15, 0.2) is 30.3 Å². The van der Waals surface area contributed by atoms with Gasteiger partial charge in [0.1, 0.15) is 0 Å². The van der Waals surface area contributed by atoms with Crippen LogP contribution in [0, 0.1) is 0 Å². The minimum Gasteiger partial charge on any atom is -0.352 e. The molecule has 88 valence electrons. The van der Waals surface area contributed by atoms with Gasteiger partial charge >= 0.3 is 0 Å². The molecule has 1 heterocycles. The Morgan fingerprint density at radius 3 is 2.69 bits per heavy atom. The molecule has 2 rings (SSSR count). The minimum atomic E-state index is 0. The van der Waals surface area contributed by atoms with Crippen molar-refractivity contribution in [1.82, 2.24) is 10.6 Å². The van der Waals surface area contributed by atoms with Gasteiger partial charge in [0.25, 0.3) is 0 Å². The van der Waals surface area contributed by atoms with Crippen LogP contribution in [-0.4, -0.2) is 18.5 Å². The highest BCUT2D eigenvalue weighted by Gasteiger charge is 2.19. The fourth-order valence-corrected chi connectivity index (χ4v) is 1.82. The molecule has 1 saturated heterocycles. The molecule has 0 saturated carbocycles. The van der Waals surface area contributed by atoms with Gasteiger partial charge in [0.15, 0.2) is 0 Å². The molecule has 16 heavy (non-hydrogen) atoms. The van der Waals surface area contributed by atoms with Crippen LogP contribution in [0.4, 0.5) is 0 Å². The SMILES string of the molecule is Cl.O=C1CCC(CNCc2ccccc2)N1. The molecule has 1 aliphatic heterocycles. The fourth-order valence-electron chi connectivity index (χ4n) is 1.82. The molecule has 0 aromatic heterocycles. The smallest absolute Gasteiger partial charge is 0.220 e. The van der Waals surface area contributed by atoms with Crippen molar-refractivity contribution in [2.24, 2.45) is 0 Å². The molecular weight excluding hydrogens is 224 g/mol. The topological polar surface area (TPSA) is 41.1 Å². The van der Waals surface area contributed by atoms with Crippen molar-refractivity contribution in [3.05, 3.63) is 35.9 Å². The normalized spacial score (nSPS) is 19.0. The van der Waals surface area contributed by atoms with Gasteiger partial charge in [-0.3, -0.25) is 4.79 Å². The maximum atomic E-state index is 10.9. The van der Waals surface area contributed by atoms with E-state index in [0.29, 0.717) is 12.5 Å². The van der Waals surface area contributed by atoms with E-state index in [0.717, 1.165) is 19.5 Å². The van der Waals surface area contributed by atoms with E-state index in [1.807, 2.05) is 18.2 Å². The highest BCUT2D eigenvalue weighted by atomic mass is 35.5. The first kappa shape index (κ1) is 13.0. The van der Waals surface area contributed by atoms with E-state index in [1.165, 1.54) is 5.56 Å². The monoisotopic (exact) mass is 240 g/mol. The van der Waals surface area contributed by atoms with E-state index in [4.69, 9.17) is 0 Å². The summed E-state index contributed by atoms with van der Waals surface area (Å²) >= 11 is 0. The van der Waals surface area contributed by atoms with Crippen LogP contribution in [-0.2, 0) is 11.3 Å². The summed E-state index contributed by atoms with van der Waals surface area (Å²) in [5.74, 6) is 0.182. The van der Waals surface area contributed by atoms with Crippen molar-refractivity contribution in [3.8, 4) is 0 Å². The lowest BCUT2D eigenvalue weighted by Gasteiger charge is -2.10. The van der Waals surface area contributed by atoms with Crippen LogP contribution in [0.5, 0.6) is 0 Å². The van der Waals surface area contributed by atoms with Gasteiger partial charge in [0.05, 0.1) is 0 Å². The number of amides is 1.